The molecule has 3 aromatic carbocycles. The van der Waals surface area contributed by atoms with Crippen molar-refractivity contribution in [2.45, 2.75) is 13.5 Å². The third kappa shape index (κ3) is 4.73. The first-order valence-electron chi connectivity index (χ1n) is 10.8. The molecule has 1 saturated heterocycles. The van der Waals surface area contributed by atoms with E-state index in [2.05, 4.69) is 14.9 Å². The van der Waals surface area contributed by atoms with E-state index >= 15 is 0 Å². The molecule has 1 aliphatic rings. The standard InChI is InChI=1S/C27H20ClN3O3S/c1-16-21(28)9-5-10-22(16)29-27-30-25(32)24(35-27)13-19-15-31(23-11-3-2-8-20(19)23)14-17-6-4-7-18(12-17)26(33)34/h2-13,15H,14H2,1H3,(H,33,34)(H,29,30,32)/b24-13+. The van der Waals surface area contributed by atoms with Gasteiger partial charge in [-0.15, -0.1) is 0 Å². The maximum atomic E-state index is 12.7. The van der Waals surface area contributed by atoms with Crippen molar-refractivity contribution in [3.05, 3.63) is 105 Å². The molecule has 6 nitrogen and oxygen atoms in total. The van der Waals surface area contributed by atoms with Gasteiger partial charge in [-0.2, -0.15) is 0 Å². The molecule has 1 aromatic heterocycles. The molecule has 8 heteroatoms. The third-order valence-corrected chi connectivity index (χ3v) is 7.06. The summed E-state index contributed by atoms with van der Waals surface area (Å²) < 4.78 is 2.06. The second-order valence-corrected chi connectivity index (χ2v) is 9.54. The highest BCUT2D eigenvalue weighted by Crippen LogP contribution is 2.33. The van der Waals surface area contributed by atoms with Crippen LogP contribution in [0.25, 0.3) is 17.0 Å². The number of carbonyl (C=O) groups is 2. The summed E-state index contributed by atoms with van der Waals surface area (Å²) in [5, 5.41) is 14.3. The molecule has 0 bridgehead atoms. The van der Waals surface area contributed by atoms with Crippen molar-refractivity contribution >= 4 is 63.1 Å². The summed E-state index contributed by atoms with van der Waals surface area (Å²) in [6.07, 6.45) is 3.84. The van der Waals surface area contributed by atoms with E-state index in [1.54, 1.807) is 24.3 Å². The Labute approximate surface area is 210 Å². The molecule has 5 rings (SSSR count). The smallest absolute Gasteiger partial charge is 0.335 e. The van der Waals surface area contributed by atoms with Crippen LogP contribution in [-0.4, -0.2) is 26.7 Å². The second-order valence-electron chi connectivity index (χ2n) is 8.10. The van der Waals surface area contributed by atoms with Crippen LogP contribution in [-0.2, 0) is 11.3 Å². The lowest BCUT2D eigenvalue weighted by Gasteiger charge is -2.06. The van der Waals surface area contributed by atoms with Crippen LogP contribution >= 0.6 is 23.4 Å². The van der Waals surface area contributed by atoms with Crippen LogP contribution in [0.5, 0.6) is 0 Å². The number of halogens is 1. The number of fused-ring (bicyclic) bond motifs is 1. The molecular formula is C27H20ClN3O3S. The molecule has 35 heavy (non-hydrogen) atoms. The molecule has 174 valence electrons. The van der Waals surface area contributed by atoms with Crippen molar-refractivity contribution in [1.29, 1.82) is 0 Å². The molecule has 0 spiro atoms. The second kappa shape index (κ2) is 9.44. The SMILES string of the molecule is Cc1c(Cl)cccc1N=C1NC(=O)/C(=C\c2cn(Cc3cccc(C(=O)O)c3)c3ccccc23)S1. The van der Waals surface area contributed by atoms with Gasteiger partial charge in [-0.25, -0.2) is 9.79 Å². The number of carbonyl (C=O) groups excluding carboxylic acids is 1. The zero-order valence-electron chi connectivity index (χ0n) is 18.7. The van der Waals surface area contributed by atoms with Gasteiger partial charge in [0, 0.05) is 34.2 Å². The van der Waals surface area contributed by atoms with E-state index in [0.717, 1.165) is 27.6 Å². The zero-order chi connectivity index (χ0) is 24.5. The Bertz CT molecular complexity index is 1550. The number of nitrogens with zero attached hydrogens (tertiary/aromatic N) is 2. The molecule has 0 aliphatic carbocycles. The summed E-state index contributed by atoms with van der Waals surface area (Å²) in [7, 11) is 0. The minimum Gasteiger partial charge on any atom is -0.478 e. The normalized spacial score (nSPS) is 15.8. The lowest BCUT2D eigenvalue weighted by molar-refractivity contribution is -0.115. The van der Waals surface area contributed by atoms with Crippen molar-refractivity contribution < 1.29 is 14.7 Å². The number of aromatic carboxylic acids is 1. The highest BCUT2D eigenvalue weighted by Gasteiger charge is 2.25. The number of benzene rings is 3. The number of carboxylic acids is 1. The molecular weight excluding hydrogens is 482 g/mol. The van der Waals surface area contributed by atoms with Crippen LogP contribution < -0.4 is 5.32 Å². The lowest BCUT2D eigenvalue weighted by atomic mass is 10.1. The van der Waals surface area contributed by atoms with E-state index in [9.17, 15) is 14.7 Å². The van der Waals surface area contributed by atoms with Gasteiger partial charge in [0.2, 0.25) is 0 Å². The molecule has 1 amide bonds. The Hall–Kier alpha value is -3.81. The number of amidine groups is 1. The van der Waals surface area contributed by atoms with Crippen LogP contribution in [0.3, 0.4) is 0 Å². The Kier molecular flexibility index (Phi) is 6.19. The number of nitrogens with one attached hydrogen (secondary N) is 1. The Morgan fingerprint density at radius 3 is 2.77 bits per heavy atom. The first-order chi connectivity index (χ1) is 16.9. The third-order valence-electron chi connectivity index (χ3n) is 5.74. The number of rotatable bonds is 5. The first-order valence-corrected chi connectivity index (χ1v) is 12.0. The van der Waals surface area contributed by atoms with Crippen LogP contribution in [0.15, 0.2) is 82.8 Å². The molecule has 0 radical (unpaired) electrons. The average Bonchev–Trinajstić information content (AvgIpc) is 3.37. The van der Waals surface area contributed by atoms with Crippen LogP contribution in [0.2, 0.25) is 5.02 Å². The fourth-order valence-electron chi connectivity index (χ4n) is 3.97. The minimum absolute atomic E-state index is 0.209. The van der Waals surface area contributed by atoms with Crippen molar-refractivity contribution in [1.82, 2.24) is 9.88 Å². The van der Waals surface area contributed by atoms with Crippen molar-refractivity contribution in [3.63, 3.8) is 0 Å². The molecule has 0 atom stereocenters. The van der Waals surface area contributed by atoms with E-state index in [1.165, 1.54) is 11.8 Å². The highest BCUT2D eigenvalue weighted by molar-refractivity contribution is 8.18. The molecule has 4 aromatic rings. The van der Waals surface area contributed by atoms with Crippen molar-refractivity contribution in [2.24, 2.45) is 4.99 Å². The largest absolute Gasteiger partial charge is 0.478 e. The van der Waals surface area contributed by atoms with Crippen LogP contribution in [0, 0.1) is 6.92 Å². The maximum Gasteiger partial charge on any atom is 0.335 e. The van der Waals surface area contributed by atoms with Gasteiger partial charge in [0.25, 0.3) is 5.91 Å². The summed E-state index contributed by atoms with van der Waals surface area (Å²) in [5.74, 6) is -1.16. The fourth-order valence-corrected chi connectivity index (χ4v) is 4.96. The number of hydrogen-bond donors (Lipinski definition) is 2. The van der Waals surface area contributed by atoms with E-state index in [-0.39, 0.29) is 11.5 Å². The summed E-state index contributed by atoms with van der Waals surface area (Å²) in [4.78, 5) is 29.2. The number of amides is 1. The number of carboxylic acid groups (broad SMARTS) is 1. The molecule has 0 saturated carbocycles. The summed E-state index contributed by atoms with van der Waals surface area (Å²) >= 11 is 7.48. The van der Waals surface area contributed by atoms with E-state index in [4.69, 9.17) is 11.6 Å². The molecule has 1 fully saturated rings. The molecule has 2 heterocycles. The Morgan fingerprint density at radius 2 is 1.94 bits per heavy atom. The van der Waals surface area contributed by atoms with Gasteiger partial charge in [0.15, 0.2) is 5.17 Å². The van der Waals surface area contributed by atoms with Gasteiger partial charge in [-0.1, -0.05) is 48.0 Å². The Balaban J connectivity index is 1.48. The van der Waals surface area contributed by atoms with Crippen molar-refractivity contribution in [3.8, 4) is 0 Å². The summed E-state index contributed by atoms with van der Waals surface area (Å²) in [6, 6.07) is 20.3. The zero-order valence-corrected chi connectivity index (χ0v) is 20.2. The fraction of sp³-hybridized carbons (Fsp3) is 0.0741. The van der Waals surface area contributed by atoms with Gasteiger partial charge in [0.05, 0.1) is 16.2 Å². The lowest BCUT2D eigenvalue weighted by Crippen LogP contribution is -2.19. The minimum atomic E-state index is -0.954. The van der Waals surface area contributed by atoms with Crippen LogP contribution in [0.1, 0.15) is 27.0 Å². The first kappa shape index (κ1) is 23.0. The number of thioether (sulfide) groups is 1. The Morgan fingerprint density at radius 1 is 1.14 bits per heavy atom. The number of aromatic nitrogens is 1. The monoisotopic (exact) mass is 501 g/mol. The number of hydrogen-bond acceptors (Lipinski definition) is 4. The van der Waals surface area contributed by atoms with E-state index in [1.807, 2.05) is 61.7 Å². The summed E-state index contributed by atoms with van der Waals surface area (Å²) in [5.41, 5.74) is 4.58. The highest BCUT2D eigenvalue weighted by atomic mass is 35.5. The molecule has 1 aliphatic heterocycles. The van der Waals surface area contributed by atoms with E-state index < -0.39 is 5.97 Å². The number of aliphatic imine (C=N–C) groups is 1. The maximum absolute atomic E-state index is 12.7. The number of para-hydroxylation sites is 1. The van der Waals surface area contributed by atoms with Gasteiger partial charge >= 0.3 is 5.97 Å². The topological polar surface area (TPSA) is 83.7 Å². The summed E-state index contributed by atoms with van der Waals surface area (Å²) in [6.45, 7) is 2.39. The van der Waals surface area contributed by atoms with E-state index in [0.29, 0.717) is 27.3 Å². The van der Waals surface area contributed by atoms with Gasteiger partial charge in [0.1, 0.15) is 0 Å². The quantitative estimate of drug-likeness (QED) is 0.317. The van der Waals surface area contributed by atoms with Gasteiger partial charge in [-0.05, 0) is 66.2 Å². The predicted molar refractivity (Wildman–Crippen MR) is 141 cm³/mol. The van der Waals surface area contributed by atoms with Crippen molar-refractivity contribution in [2.75, 3.05) is 0 Å². The molecule has 0 unspecified atom stereocenters. The van der Waals surface area contributed by atoms with Gasteiger partial charge < -0.3 is 15.0 Å². The average molecular weight is 502 g/mol. The predicted octanol–water partition coefficient (Wildman–Crippen LogP) is 6.24. The van der Waals surface area contributed by atoms with Gasteiger partial charge in [-0.3, -0.25) is 4.79 Å². The molecule has 2 N–H and O–H groups in total. The van der Waals surface area contributed by atoms with Crippen LogP contribution in [0.4, 0.5) is 5.69 Å².